The fourth-order valence-corrected chi connectivity index (χ4v) is 6.59. The number of aromatic nitrogens is 1. The van der Waals surface area contributed by atoms with E-state index in [0.717, 1.165) is 77.4 Å². The molecule has 3 aliphatic rings. The van der Waals surface area contributed by atoms with Crippen LogP contribution in [0.25, 0.3) is 0 Å². The molecule has 5 rings (SSSR count). The lowest BCUT2D eigenvalue weighted by atomic mass is 9.60. The number of ether oxygens (including phenoxy) is 1. The number of rotatable bonds is 6. The lowest BCUT2D eigenvalue weighted by Crippen LogP contribution is -2.54. The molecule has 256 valence electrons. The summed E-state index contributed by atoms with van der Waals surface area (Å²) >= 11 is 0. The number of alkyl halides is 6. The average molecular weight is 685 g/mol. The van der Waals surface area contributed by atoms with Crippen LogP contribution in [-0.4, -0.2) is 98.2 Å². The van der Waals surface area contributed by atoms with Crippen LogP contribution >= 0.6 is 0 Å². The fraction of sp³-hybridized carbons (Fsp3) is 0.536. The first kappa shape index (κ1) is 37.0. The van der Waals surface area contributed by atoms with Crippen LogP contribution in [0.4, 0.5) is 32.2 Å². The van der Waals surface area contributed by atoms with Crippen LogP contribution in [-0.2, 0) is 30.9 Å². The van der Waals surface area contributed by atoms with Gasteiger partial charge in [0.25, 0.3) is 0 Å². The van der Waals surface area contributed by atoms with E-state index < -0.39 is 34.3 Å². The van der Waals surface area contributed by atoms with Crippen LogP contribution in [0.15, 0.2) is 53.6 Å². The van der Waals surface area contributed by atoms with Crippen molar-refractivity contribution in [3.63, 3.8) is 0 Å². The number of halogens is 6. The van der Waals surface area contributed by atoms with Gasteiger partial charge in [0.15, 0.2) is 0 Å². The summed E-state index contributed by atoms with van der Waals surface area (Å²) in [5, 5.41) is 14.2. The second kappa shape index (κ2) is 15.4. The Hall–Kier alpha value is -3.48. The van der Waals surface area contributed by atoms with Crippen LogP contribution in [0.1, 0.15) is 31.2 Å². The Morgan fingerprint density at radius 2 is 1.43 bits per heavy atom. The number of likely N-dealkylation sites (tertiary alicyclic amines) is 1. The molecule has 0 amide bonds. The third-order valence-corrected chi connectivity index (χ3v) is 9.22. The summed E-state index contributed by atoms with van der Waals surface area (Å²) in [6, 6.07) is 13.1. The van der Waals surface area contributed by atoms with Gasteiger partial charge in [-0.1, -0.05) is 18.2 Å². The second-order valence-electron chi connectivity index (χ2n) is 11.0. The Morgan fingerprint density at radius 1 is 0.913 bits per heavy atom. The Bertz CT molecular complexity index is 1380. The van der Waals surface area contributed by atoms with Crippen molar-refractivity contribution < 1.29 is 59.3 Å². The van der Waals surface area contributed by atoms with Crippen LogP contribution in [0.3, 0.4) is 0 Å². The molecule has 1 aliphatic carbocycles. The first-order valence-corrected chi connectivity index (χ1v) is 15.6. The molecular formula is C28H34F6N4O7S. The van der Waals surface area contributed by atoms with Crippen molar-refractivity contribution in [2.45, 2.75) is 55.5 Å². The Kier molecular flexibility index (Phi) is 12.4. The monoisotopic (exact) mass is 684 g/mol. The molecule has 0 bridgehead atoms. The number of pyridine rings is 1. The van der Waals surface area contributed by atoms with Gasteiger partial charge < -0.3 is 19.8 Å². The minimum atomic E-state index is -5.08. The summed E-state index contributed by atoms with van der Waals surface area (Å²) in [5.74, 6) is -4.47. The number of nitrogens with one attached hydrogen (secondary N) is 1. The smallest absolute Gasteiger partial charge is 0.475 e. The van der Waals surface area contributed by atoms with E-state index in [-0.39, 0.29) is 6.04 Å². The zero-order valence-electron chi connectivity index (χ0n) is 24.4. The molecule has 18 heteroatoms. The number of anilines is 1. The van der Waals surface area contributed by atoms with Gasteiger partial charge >= 0.3 is 24.3 Å². The number of carbonyl (C=O) groups is 2. The molecule has 1 aromatic heterocycles. The number of morpholine rings is 1. The predicted molar refractivity (Wildman–Crippen MR) is 151 cm³/mol. The van der Waals surface area contributed by atoms with E-state index in [0.29, 0.717) is 10.3 Å². The Morgan fingerprint density at radius 3 is 1.93 bits per heavy atom. The molecule has 2 aliphatic heterocycles. The molecule has 11 nitrogen and oxygen atoms in total. The number of benzene rings is 1. The minimum absolute atomic E-state index is 0.0584. The Labute approximate surface area is 261 Å². The van der Waals surface area contributed by atoms with E-state index in [1.807, 2.05) is 12.3 Å². The minimum Gasteiger partial charge on any atom is -0.475 e. The number of sulfonamides is 1. The number of piperidine rings is 1. The molecule has 3 N–H and O–H groups in total. The van der Waals surface area contributed by atoms with Gasteiger partial charge in [-0.15, -0.1) is 0 Å². The summed E-state index contributed by atoms with van der Waals surface area (Å²) < 4.78 is 97.0. The highest BCUT2D eigenvalue weighted by atomic mass is 32.2. The van der Waals surface area contributed by atoms with Gasteiger partial charge in [0.1, 0.15) is 5.82 Å². The van der Waals surface area contributed by atoms with Crippen molar-refractivity contribution in [1.82, 2.24) is 14.6 Å². The van der Waals surface area contributed by atoms with Gasteiger partial charge in [-0.25, -0.2) is 27.7 Å². The van der Waals surface area contributed by atoms with Gasteiger partial charge in [-0.3, -0.25) is 4.90 Å². The molecule has 2 aromatic rings. The molecule has 1 spiro atoms. The summed E-state index contributed by atoms with van der Waals surface area (Å²) in [5.41, 5.74) is 1.61. The van der Waals surface area contributed by atoms with E-state index in [1.165, 1.54) is 5.56 Å². The van der Waals surface area contributed by atoms with Crippen LogP contribution < -0.4 is 9.62 Å². The van der Waals surface area contributed by atoms with Crippen molar-refractivity contribution in [3.8, 4) is 0 Å². The highest BCUT2D eigenvalue weighted by molar-refractivity contribution is 7.89. The van der Waals surface area contributed by atoms with Crippen molar-refractivity contribution in [2.24, 2.45) is 5.41 Å². The fourth-order valence-electron chi connectivity index (χ4n) is 5.33. The lowest BCUT2D eigenvalue weighted by molar-refractivity contribution is -0.193. The number of hydrogen-bond acceptors (Lipinski definition) is 8. The van der Waals surface area contributed by atoms with E-state index >= 15 is 0 Å². The SMILES string of the molecule is O=C(O)C(F)(F)F.O=C(O)C(F)(F)F.O=S(=O)(NC1CC2(CCN(Cc3ccnc(N4CCOCC4)c3)CC2)C1)c1ccccc1. The molecule has 2 saturated heterocycles. The van der Waals surface area contributed by atoms with E-state index in [9.17, 15) is 34.8 Å². The third-order valence-electron chi connectivity index (χ3n) is 7.69. The number of carboxylic acids is 2. The molecule has 1 saturated carbocycles. The van der Waals surface area contributed by atoms with Gasteiger partial charge in [-0.2, -0.15) is 26.3 Å². The molecule has 1 aromatic carbocycles. The summed E-state index contributed by atoms with van der Waals surface area (Å²) in [6.45, 7) is 6.40. The maximum absolute atomic E-state index is 12.6. The molecule has 3 heterocycles. The molecule has 0 unspecified atom stereocenters. The topological polar surface area (TPSA) is 149 Å². The second-order valence-corrected chi connectivity index (χ2v) is 12.8. The summed E-state index contributed by atoms with van der Waals surface area (Å²) in [7, 11) is -3.42. The molecule has 3 fully saturated rings. The van der Waals surface area contributed by atoms with Crippen molar-refractivity contribution in [2.75, 3.05) is 44.3 Å². The average Bonchev–Trinajstić information content (AvgIpc) is 2.98. The molecule has 0 atom stereocenters. The van der Waals surface area contributed by atoms with Crippen LogP contribution in [0, 0.1) is 5.41 Å². The van der Waals surface area contributed by atoms with Crippen LogP contribution in [0.2, 0.25) is 0 Å². The first-order chi connectivity index (χ1) is 21.4. The zero-order valence-corrected chi connectivity index (χ0v) is 25.2. The summed E-state index contributed by atoms with van der Waals surface area (Å²) in [4.78, 5) is 27.5. The molecule has 46 heavy (non-hydrogen) atoms. The highest BCUT2D eigenvalue weighted by Crippen LogP contribution is 2.49. The molecular weight excluding hydrogens is 650 g/mol. The maximum Gasteiger partial charge on any atom is 0.490 e. The number of hydrogen-bond donors (Lipinski definition) is 3. The van der Waals surface area contributed by atoms with E-state index in [1.54, 1.807) is 24.3 Å². The summed E-state index contributed by atoms with van der Waals surface area (Å²) in [6.07, 6.45) is -4.08. The van der Waals surface area contributed by atoms with Crippen molar-refractivity contribution in [1.29, 1.82) is 0 Å². The standard InChI is InChI=1S/C24H32N4O3S.2C2HF3O2/c29-32(30,22-4-2-1-3-5-22)26-21-17-24(18-21)7-10-27(11-8-24)19-20-6-9-25-23(16-20)28-12-14-31-15-13-28;2*3-2(4,5)1(6)7/h1-6,9,16,21,26H,7-8,10-15,17-19H2;2*(H,6,7). The maximum atomic E-state index is 12.6. The van der Waals surface area contributed by atoms with Gasteiger partial charge in [0.2, 0.25) is 10.0 Å². The number of carboxylic acid groups (broad SMARTS) is 2. The van der Waals surface area contributed by atoms with E-state index in [2.05, 4.69) is 31.6 Å². The predicted octanol–water partition coefficient (Wildman–Crippen LogP) is 3.91. The van der Waals surface area contributed by atoms with Crippen LogP contribution in [0.5, 0.6) is 0 Å². The van der Waals surface area contributed by atoms with Gasteiger partial charge in [0, 0.05) is 31.9 Å². The third kappa shape index (κ3) is 11.1. The largest absolute Gasteiger partial charge is 0.490 e. The van der Waals surface area contributed by atoms with E-state index in [4.69, 9.17) is 24.5 Å². The zero-order chi connectivity index (χ0) is 34.2. The Balaban J connectivity index is 0.000000345. The van der Waals surface area contributed by atoms with Gasteiger partial charge in [-0.05, 0) is 74.0 Å². The number of aliphatic carboxylic acids is 2. The van der Waals surface area contributed by atoms with Crippen molar-refractivity contribution in [3.05, 3.63) is 54.2 Å². The highest BCUT2D eigenvalue weighted by Gasteiger charge is 2.47. The quantitative estimate of drug-likeness (QED) is 0.383. The van der Waals surface area contributed by atoms with Gasteiger partial charge in [0.05, 0.1) is 18.1 Å². The normalized spacial score (nSPS) is 18.8. The number of nitrogens with zero attached hydrogens (tertiary/aromatic N) is 3. The first-order valence-electron chi connectivity index (χ1n) is 14.1. The molecule has 0 radical (unpaired) electrons. The van der Waals surface area contributed by atoms with Crippen molar-refractivity contribution >= 4 is 27.8 Å². The lowest BCUT2D eigenvalue weighted by Gasteiger charge is -2.52.